The van der Waals surface area contributed by atoms with Crippen molar-refractivity contribution in [2.24, 2.45) is 5.16 Å². The molecule has 0 amide bonds. The minimum atomic E-state index is 0.679. The van der Waals surface area contributed by atoms with Crippen LogP contribution in [0.4, 0.5) is 0 Å². The molecule has 0 bridgehead atoms. The molecule has 0 aliphatic rings. The highest BCUT2D eigenvalue weighted by molar-refractivity contribution is 8.00. The Hall–Kier alpha value is -1.98. The Bertz CT molecular complexity index is 887. The first-order valence-electron chi connectivity index (χ1n) is 7.52. The van der Waals surface area contributed by atoms with E-state index in [4.69, 9.17) is 16.4 Å². The topological polar surface area (TPSA) is 38.9 Å². The van der Waals surface area contributed by atoms with Gasteiger partial charge in [0.15, 0.2) is 0 Å². The van der Waals surface area contributed by atoms with Crippen LogP contribution in [0.5, 0.6) is 0 Å². The summed E-state index contributed by atoms with van der Waals surface area (Å²) in [6.45, 7) is 4.06. The van der Waals surface area contributed by atoms with Crippen LogP contribution in [-0.2, 0) is 4.84 Å². The molecule has 0 N–H and O–H groups in total. The summed E-state index contributed by atoms with van der Waals surface area (Å²) in [5.74, 6) is 0.679. The van der Waals surface area contributed by atoms with E-state index in [2.05, 4.69) is 33.6 Å². The lowest BCUT2D eigenvalue weighted by Gasteiger charge is -2.08. The third kappa shape index (κ3) is 3.57. The van der Waals surface area contributed by atoms with Crippen LogP contribution < -0.4 is 0 Å². The molecule has 6 heteroatoms. The lowest BCUT2D eigenvalue weighted by Crippen LogP contribution is -2.10. The Morgan fingerprint density at radius 1 is 1.25 bits per heavy atom. The molecule has 2 aromatic heterocycles. The number of rotatable bonds is 5. The molecule has 0 aliphatic heterocycles. The van der Waals surface area contributed by atoms with E-state index in [1.54, 1.807) is 18.9 Å². The van der Waals surface area contributed by atoms with Gasteiger partial charge in [-0.15, -0.1) is 11.8 Å². The SMILES string of the molecule is CON=C(CSc1ccc(Cl)cc1)c1c(C)nc2cc(C)ccn12. The summed E-state index contributed by atoms with van der Waals surface area (Å²) in [5, 5.41) is 4.98. The summed E-state index contributed by atoms with van der Waals surface area (Å²) in [5.41, 5.74) is 4.87. The van der Waals surface area contributed by atoms with Crippen molar-refractivity contribution >= 4 is 34.7 Å². The third-order valence-corrected chi connectivity index (χ3v) is 4.90. The van der Waals surface area contributed by atoms with Gasteiger partial charge in [-0.3, -0.25) is 4.40 Å². The van der Waals surface area contributed by atoms with Crippen LogP contribution in [0.3, 0.4) is 0 Å². The quantitative estimate of drug-likeness (QED) is 0.375. The lowest BCUT2D eigenvalue weighted by molar-refractivity contribution is 0.213. The summed E-state index contributed by atoms with van der Waals surface area (Å²) < 4.78 is 2.06. The normalized spacial score (nSPS) is 11.9. The van der Waals surface area contributed by atoms with Crippen molar-refractivity contribution in [3.05, 3.63) is 64.6 Å². The summed E-state index contributed by atoms with van der Waals surface area (Å²) in [6, 6.07) is 11.9. The molecular weight excluding hydrogens is 342 g/mol. The number of aromatic nitrogens is 2. The number of halogens is 1. The van der Waals surface area contributed by atoms with Crippen LogP contribution in [0.15, 0.2) is 52.6 Å². The Labute approximate surface area is 150 Å². The molecule has 4 nitrogen and oxygen atoms in total. The number of imidazole rings is 1. The molecule has 0 aliphatic carbocycles. The molecule has 2 heterocycles. The first-order chi connectivity index (χ1) is 11.6. The van der Waals surface area contributed by atoms with Gasteiger partial charge in [0.2, 0.25) is 0 Å². The van der Waals surface area contributed by atoms with Crippen molar-refractivity contribution < 1.29 is 4.84 Å². The van der Waals surface area contributed by atoms with Gasteiger partial charge < -0.3 is 4.84 Å². The number of benzene rings is 1. The Morgan fingerprint density at radius 3 is 2.71 bits per heavy atom. The Balaban J connectivity index is 1.92. The van der Waals surface area contributed by atoms with E-state index in [9.17, 15) is 0 Å². The fraction of sp³-hybridized carbons (Fsp3) is 0.222. The molecule has 0 saturated heterocycles. The third-order valence-electron chi connectivity index (χ3n) is 3.62. The molecule has 124 valence electrons. The molecule has 0 saturated carbocycles. The second kappa shape index (κ2) is 7.28. The average Bonchev–Trinajstić information content (AvgIpc) is 2.88. The van der Waals surface area contributed by atoms with Gasteiger partial charge in [0.05, 0.1) is 11.4 Å². The van der Waals surface area contributed by atoms with E-state index < -0.39 is 0 Å². The van der Waals surface area contributed by atoms with Crippen molar-refractivity contribution in [3.63, 3.8) is 0 Å². The zero-order valence-corrected chi connectivity index (χ0v) is 15.4. The van der Waals surface area contributed by atoms with E-state index in [1.807, 2.05) is 37.4 Å². The van der Waals surface area contributed by atoms with Crippen LogP contribution in [0.2, 0.25) is 5.02 Å². The monoisotopic (exact) mass is 359 g/mol. The van der Waals surface area contributed by atoms with E-state index >= 15 is 0 Å². The Kier molecular flexibility index (Phi) is 5.11. The predicted molar refractivity (Wildman–Crippen MR) is 100 cm³/mol. The number of thioether (sulfide) groups is 1. The zero-order chi connectivity index (χ0) is 17.1. The second-order valence-electron chi connectivity index (χ2n) is 5.44. The zero-order valence-electron chi connectivity index (χ0n) is 13.8. The predicted octanol–water partition coefficient (Wildman–Crippen LogP) is 4.75. The highest BCUT2D eigenvalue weighted by Crippen LogP contribution is 2.23. The number of hydrogen-bond donors (Lipinski definition) is 0. The number of nitrogens with zero attached hydrogens (tertiary/aromatic N) is 3. The van der Waals surface area contributed by atoms with E-state index in [0.29, 0.717) is 5.75 Å². The van der Waals surface area contributed by atoms with Crippen molar-refractivity contribution in [1.82, 2.24) is 9.38 Å². The van der Waals surface area contributed by atoms with Gasteiger partial charge in [-0.2, -0.15) is 0 Å². The number of aryl methyl sites for hydroxylation is 2. The molecule has 3 aromatic rings. The van der Waals surface area contributed by atoms with Gasteiger partial charge in [-0.1, -0.05) is 16.8 Å². The van der Waals surface area contributed by atoms with Crippen LogP contribution in [0.1, 0.15) is 17.0 Å². The van der Waals surface area contributed by atoms with Crippen molar-refractivity contribution in [3.8, 4) is 0 Å². The molecule has 3 rings (SSSR count). The first kappa shape index (κ1) is 16.9. The van der Waals surface area contributed by atoms with Crippen LogP contribution >= 0.6 is 23.4 Å². The summed E-state index contributed by atoms with van der Waals surface area (Å²) in [7, 11) is 1.57. The summed E-state index contributed by atoms with van der Waals surface area (Å²) >= 11 is 7.62. The largest absolute Gasteiger partial charge is 0.399 e. The van der Waals surface area contributed by atoms with Gasteiger partial charge >= 0.3 is 0 Å². The van der Waals surface area contributed by atoms with Crippen molar-refractivity contribution in [1.29, 1.82) is 0 Å². The standard InChI is InChI=1S/C18H18ClN3OS/c1-12-8-9-22-17(10-12)20-13(2)18(22)16(21-23-3)11-24-15-6-4-14(19)5-7-15/h4-10H,11H2,1-3H3. The molecule has 0 fully saturated rings. The Morgan fingerprint density at radius 2 is 2.00 bits per heavy atom. The molecule has 0 spiro atoms. The number of hydrogen-bond acceptors (Lipinski definition) is 4. The molecule has 0 atom stereocenters. The van der Waals surface area contributed by atoms with Crippen LogP contribution in [-0.4, -0.2) is 28.0 Å². The van der Waals surface area contributed by atoms with Gasteiger partial charge in [-0.05, 0) is 55.8 Å². The van der Waals surface area contributed by atoms with Gasteiger partial charge in [0.25, 0.3) is 0 Å². The molecule has 0 radical (unpaired) electrons. The lowest BCUT2D eigenvalue weighted by atomic mass is 10.2. The van der Waals surface area contributed by atoms with E-state index in [1.165, 1.54) is 5.56 Å². The van der Waals surface area contributed by atoms with Crippen LogP contribution in [0.25, 0.3) is 5.65 Å². The summed E-state index contributed by atoms with van der Waals surface area (Å²) in [6.07, 6.45) is 2.03. The van der Waals surface area contributed by atoms with Crippen molar-refractivity contribution in [2.75, 3.05) is 12.9 Å². The molecular formula is C18H18ClN3OS. The minimum absolute atomic E-state index is 0.679. The maximum Gasteiger partial charge on any atom is 0.137 e. The molecule has 24 heavy (non-hydrogen) atoms. The maximum atomic E-state index is 5.94. The van der Waals surface area contributed by atoms with Gasteiger partial charge in [-0.25, -0.2) is 4.98 Å². The highest BCUT2D eigenvalue weighted by Gasteiger charge is 2.16. The van der Waals surface area contributed by atoms with Gasteiger partial charge in [0, 0.05) is 21.9 Å². The average molecular weight is 360 g/mol. The minimum Gasteiger partial charge on any atom is -0.399 e. The number of fused-ring (bicyclic) bond motifs is 1. The number of pyridine rings is 1. The van der Waals surface area contributed by atoms with Crippen molar-refractivity contribution in [2.45, 2.75) is 18.7 Å². The van der Waals surface area contributed by atoms with E-state index in [0.717, 1.165) is 32.7 Å². The fourth-order valence-corrected chi connectivity index (χ4v) is 3.49. The smallest absolute Gasteiger partial charge is 0.137 e. The molecule has 0 unspecified atom stereocenters. The second-order valence-corrected chi connectivity index (χ2v) is 6.93. The maximum absolute atomic E-state index is 5.94. The number of oxime groups is 1. The molecule has 1 aromatic carbocycles. The fourth-order valence-electron chi connectivity index (χ4n) is 2.54. The highest BCUT2D eigenvalue weighted by atomic mass is 35.5. The van der Waals surface area contributed by atoms with Gasteiger partial charge in [0.1, 0.15) is 18.5 Å². The van der Waals surface area contributed by atoms with Crippen LogP contribution in [0, 0.1) is 13.8 Å². The van der Waals surface area contributed by atoms with E-state index in [-0.39, 0.29) is 0 Å². The first-order valence-corrected chi connectivity index (χ1v) is 8.89. The summed E-state index contributed by atoms with van der Waals surface area (Å²) in [4.78, 5) is 10.8.